The van der Waals surface area contributed by atoms with Crippen LogP contribution in [0, 0.1) is 13.8 Å². The molecule has 0 bridgehead atoms. The molecule has 90 valence electrons. The van der Waals surface area contributed by atoms with Crippen LogP contribution in [-0.2, 0) is 16.6 Å². The molecule has 0 amide bonds. The Morgan fingerprint density at radius 3 is 2.69 bits per heavy atom. The Morgan fingerprint density at radius 1 is 1.38 bits per heavy atom. The summed E-state index contributed by atoms with van der Waals surface area (Å²) in [5.41, 5.74) is 9.30. The fourth-order valence-corrected chi connectivity index (χ4v) is 2.96. The number of aryl methyl sites for hydroxylation is 2. The van der Waals surface area contributed by atoms with Crippen molar-refractivity contribution in [2.75, 3.05) is 5.75 Å². The number of hydrogen-bond donors (Lipinski definition) is 1. The van der Waals surface area contributed by atoms with Crippen molar-refractivity contribution in [1.82, 2.24) is 0 Å². The normalized spacial score (nSPS) is 14.8. The minimum absolute atomic E-state index is 0.141. The van der Waals surface area contributed by atoms with Gasteiger partial charge >= 0.3 is 0 Å². The van der Waals surface area contributed by atoms with Gasteiger partial charge in [0.05, 0.1) is 0 Å². The van der Waals surface area contributed by atoms with Gasteiger partial charge in [-0.15, -0.1) is 0 Å². The average Bonchev–Trinajstić information content (AvgIpc) is 2.20. The molecule has 0 fully saturated rings. The first-order valence-electron chi connectivity index (χ1n) is 5.65. The lowest BCUT2D eigenvalue weighted by atomic mass is 10.1. The van der Waals surface area contributed by atoms with Gasteiger partial charge in [-0.25, -0.2) is 0 Å². The highest BCUT2D eigenvalue weighted by atomic mass is 32.2. The highest BCUT2D eigenvalue weighted by molar-refractivity contribution is 7.84. The average molecular weight is 239 g/mol. The third kappa shape index (κ3) is 4.45. The molecule has 2 nitrogen and oxygen atoms in total. The van der Waals surface area contributed by atoms with Crippen molar-refractivity contribution in [3.8, 4) is 0 Å². The van der Waals surface area contributed by atoms with E-state index in [4.69, 9.17) is 5.73 Å². The topological polar surface area (TPSA) is 43.1 Å². The van der Waals surface area contributed by atoms with Crippen molar-refractivity contribution in [3.05, 3.63) is 34.9 Å². The third-order valence-corrected chi connectivity index (χ3v) is 3.95. The predicted octanol–water partition coefficient (Wildman–Crippen LogP) is 2.29. The fraction of sp³-hybridized carbons (Fsp3) is 0.538. The Balaban J connectivity index is 2.59. The first-order chi connectivity index (χ1) is 7.49. The van der Waals surface area contributed by atoms with E-state index in [1.54, 1.807) is 0 Å². The summed E-state index contributed by atoms with van der Waals surface area (Å²) in [4.78, 5) is 0. The van der Waals surface area contributed by atoms with Gasteiger partial charge < -0.3 is 5.73 Å². The van der Waals surface area contributed by atoms with Crippen molar-refractivity contribution in [2.24, 2.45) is 5.73 Å². The summed E-state index contributed by atoms with van der Waals surface area (Å²) in [5.74, 6) is 1.35. The van der Waals surface area contributed by atoms with Crippen LogP contribution in [0.15, 0.2) is 18.2 Å². The van der Waals surface area contributed by atoms with Crippen molar-refractivity contribution in [2.45, 2.75) is 39.0 Å². The van der Waals surface area contributed by atoms with Gasteiger partial charge in [-0.3, -0.25) is 4.21 Å². The lowest BCUT2D eigenvalue weighted by molar-refractivity contribution is 0.667. The highest BCUT2D eigenvalue weighted by Gasteiger charge is 2.06. The van der Waals surface area contributed by atoms with Gasteiger partial charge in [0.15, 0.2) is 0 Å². The van der Waals surface area contributed by atoms with E-state index in [1.807, 2.05) is 6.92 Å². The van der Waals surface area contributed by atoms with E-state index in [-0.39, 0.29) is 6.04 Å². The lowest BCUT2D eigenvalue weighted by Crippen LogP contribution is -2.18. The van der Waals surface area contributed by atoms with E-state index in [1.165, 1.54) is 16.7 Å². The van der Waals surface area contributed by atoms with Crippen LogP contribution in [-0.4, -0.2) is 16.0 Å². The molecule has 0 saturated carbocycles. The van der Waals surface area contributed by atoms with Crippen LogP contribution in [0.2, 0.25) is 0 Å². The van der Waals surface area contributed by atoms with Gasteiger partial charge in [0.25, 0.3) is 0 Å². The van der Waals surface area contributed by atoms with E-state index in [9.17, 15) is 4.21 Å². The molecule has 0 saturated heterocycles. The van der Waals surface area contributed by atoms with E-state index in [2.05, 4.69) is 32.0 Å². The van der Waals surface area contributed by atoms with Gasteiger partial charge in [0.2, 0.25) is 0 Å². The minimum atomic E-state index is -0.790. The molecule has 2 N–H and O–H groups in total. The molecule has 16 heavy (non-hydrogen) atoms. The van der Waals surface area contributed by atoms with Gasteiger partial charge in [-0.1, -0.05) is 23.8 Å². The second-order valence-electron chi connectivity index (χ2n) is 4.48. The van der Waals surface area contributed by atoms with Crippen molar-refractivity contribution in [3.63, 3.8) is 0 Å². The van der Waals surface area contributed by atoms with Crippen LogP contribution in [0.25, 0.3) is 0 Å². The molecule has 1 aromatic rings. The summed E-state index contributed by atoms with van der Waals surface area (Å²) in [7, 11) is -0.790. The number of hydrogen-bond acceptors (Lipinski definition) is 2. The molecule has 2 atom stereocenters. The van der Waals surface area contributed by atoms with E-state index >= 15 is 0 Å². The van der Waals surface area contributed by atoms with Crippen LogP contribution >= 0.6 is 0 Å². The molecular weight excluding hydrogens is 218 g/mol. The molecule has 3 heteroatoms. The molecular formula is C13H21NOS. The molecule has 0 aromatic heterocycles. The Morgan fingerprint density at radius 2 is 2.06 bits per heavy atom. The number of rotatable bonds is 5. The zero-order valence-electron chi connectivity index (χ0n) is 10.3. The van der Waals surface area contributed by atoms with Crippen molar-refractivity contribution < 1.29 is 4.21 Å². The van der Waals surface area contributed by atoms with Gasteiger partial charge in [0.1, 0.15) is 0 Å². The molecule has 1 rings (SSSR count). The monoisotopic (exact) mass is 239 g/mol. The van der Waals surface area contributed by atoms with Crippen LogP contribution in [0.4, 0.5) is 0 Å². The standard InChI is InChI=1S/C13H21NOS/c1-10-4-5-11(2)13(8-10)9-16(15)7-6-12(3)14/h4-5,8,12H,6-7,9,14H2,1-3H3. The van der Waals surface area contributed by atoms with Crippen molar-refractivity contribution in [1.29, 1.82) is 0 Å². The predicted molar refractivity (Wildman–Crippen MR) is 70.9 cm³/mol. The van der Waals surface area contributed by atoms with E-state index < -0.39 is 10.8 Å². The first-order valence-corrected chi connectivity index (χ1v) is 7.14. The summed E-state index contributed by atoms with van der Waals surface area (Å²) in [6.45, 7) is 6.08. The fourth-order valence-electron chi connectivity index (χ4n) is 1.52. The summed E-state index contributed by atoms with van der Waals surface area (Å²) in [6.07, 6.45) is 0.831. The third-order valence-electron chi connectivity index (χ3n) is 2.62. The molecule has 0 aliphatic heterocycles. The Labute approximate surface area is 101 Å². The minimum Gasteiger partial charge on any atom is -0.328 e. The molecule has 0 spiro atoms. The zero-order valence-corrected chi connectivity index (χ0v) is 11.1. The van der Waals surface area contributed by atoms with E-state index in [0.717, 1.165) is 6.42 Å². The Kier molecular flexibility index (Phi) is 5.16. The quantitative estimate of drug-likeness (QED) is 0.856. The van der Waals surface area contributed by atoms with Crippen LogP contribution in [0.5, 0.6) is 0 Å². The zero-order chi connectivity index (χ0) is 12.1. The van der Waals surface area contributed by atoms with E-state index in [0.29, 0.717) is 11.5 Å². The molecule has 0 radical (unpaired) electrons. The maximum Gasteiger partial charge on any atom is 0.0488 e. The maximum atomic E-state index is 11.8. The molecule has 2 unspecified atom stereocenters. The second-order valence-corrected chi connectivity index (χ2v) is 6.06. The smallest absolute Gasteiger partial charge is 0.0488 e. The summed E-state index contributed by atoms with van der Waals surface area (Å²) in [6, 6.07) is 6.44. The molecule has 0 aliphatic carbocycles. The highest BCUT2D eigenvalue weighted by Crippen LogP contribution is 2.13. The second kappa shape index (κ2) is 6.16. The van der Waals surface area contributed by atoms with Crippen LogP contribution in [0.3, 0.4) is 0 Å². The Hall–Kier alpha value is -0.670. The largest absolute Gasteiger partial charge is 0.328 e. The number of nitrogens with two attached hydrogens (primary N) is 1. The van der Waals surface area contributed by atoms with Crippen LogP contribution in [0.1, 0.15) is 30.0 Å². The first kappa shape index (κ1) is 13.4. The lowest BCUT2D eigenvalue weighted by Gasteiger charge is -2.08. The maximum absolute atomic E-state index is 11.8. The Bertz CT molecular complexity index is 374. The molecule has 0 aliphatic rings. The summed E-state index contributed by atoms with van der Waals surface area (Å²) < 4.78 is 11.8. The summed E-state index contributed by atoms with van der Waals surface area (Å²) >= 11 is 0. The van der Waals surface area contributed by atoms with Gasteiger partial charge in [0, 0.05) is 28.3 Å². The van der Waals surface area contributed by atoms with Gasteiger partial charge in [-0.05, 0) is 38.3 Å². The SMILES string of the molecule is Cc1ccc(C)c(CS(=O)CCC(C)N)c1. The molecule has 0 heterocycles. The summed E-state index contributed by atoms with van der Waals surface area (Å²) in [5, 5.41) is 0. The van der Waals surface area contributed by atoms with Crippen LogP contribution < -0.4 is 5.73 Å². The molecule has 1 aromatic carbocycles. The van der Waals surface area contributed by atoms with Gasteiger partial charge in [-0.2, -0.15) is 0 Å². The number of benzene rings is 1. The van der Waals surface area contributed by atoms with Crippen molar-refractivity contribution >= 4 is 10.8 Å².